The first-order chi connectivity index (χ1) is 12.8. The number of amides is 2. The van der Waals surface area contributed by atoms with Gasteiger partial charge in [-0.15, -0.1) is 0 Å². The minimum atomic E-state index is -0.424. The van der Waals surface area contributed by atoms with Crippen LogP contribution in [0.3, 0.4) is 0 Å². The second kappa shape index (κ2) is 7.45. The maximum atomic E-state index is 12.3. The smallest absolute Gasteiger partial charge is 0.272 e. The number of benzene rings is 1. The molecule has 3 rings (SSSR count). The summed E-state index contributed by atoms with van der Waals surface area (Å²) < 4.78 is 6.52. The third kappa shape index (κ3) is 4.22. The molecule has 8 heteroatoms. The van der Waals surface area contributed by atoms with E-state index in [4.69, 9.17) is 4.52 Å². The van der Waals surface area contributed by atoms with Crippen molar-refractivity contribution in [3.63, 3.8) is 0 Å². The second-order valence-corrected chi connectivity index (χ2v) is 6.39. The summed E-state index contributed by atoms with van der Waals surface area (Å²) in [7, 11) is 1.78. The molecule has 2 amide bonds. The van der Waals surface area contributed by atoms with Gasteiger partial charge in [0.05, 0.1) is 12.2 Å². The van der Waals surface area contributed by atoms with Crippen molar-refractivity contribution in [2.24, 2.45) is 7.05 Å². The number of rotatable bonds is 5. The SMILES string of the molecule is Cc1cc(NC(=O)CNC(=O)c2cc(-c3ccc(C)c(C)c3)n(C)n2)no1. The predicted octanol–water partition coefficient (Wildman–Crippen LogP) is 2.37. The number of hydrogen-bond donors (Lipinski definition) is 2. The fourth-order valence-electron chi connectivity index (χ4n) is 2.61. The van der Waals surface area contributed by atoms with Crippen LogP contribution in [-0.2, 0) is 11.8 Å². The van der Waals surface area contributed by atoms with Gasteiger partial charge in [0.15, 0.2) is 11.5 Å². The van der Waals surface area contributed by atoms with Gasteiger partial charge in [0.25, 0.3) is 5.91 Å². The zero-order valence-corrected chi connectivity index (χ0v) is 15.7. The molecule has 0 radical (unpaired) electrons. The molecule has 0 aliphatic carbocycles. The first kappa shape index (κ1) is 18.4. The molecular weight excluding hydrogens is 346 g/mol. The maximum Gasteiger partial charge on any atom is 0.272 e. The monoisotopic (exact) mass is 367 g/mol. The third-order valence-electron chi connectivity index (χ3n) is 4.22. The molecule has 0 bridgehead atoms. The van der Waals surface area contributed by atoms with E-state index >= 15 is 0 Å². The molecule has 0 saturated heterocycles. The Kier molecular flexibility index (Phi) is 5.07. The Hall–Kier alpha value is -3.42. The van der Waals surface area contributed by atoms with Crippen molar-refractivity contribution < 1.29 is 14.1 Å². The van der Waals surface area contributed by atoms with Gasteiger partial charge in [-0.3, -0.25) is 14.3 Å². The largest absolute Gasteiger partial charge is 0.360 e. The molecule has 0 atom stereocenters. The van der Waals surface area contributed by atoms with Crippen LogP contribution < -0.4 is 10.6 Å². The minimum absolute atomic E-state index is 0.194. The Morgan fingerprint density at radius 2 is 1.89 bits per heavy atom. The number of anilines is 1. The highest BCUT2D eigenvalue weighted by molar-refractivity contribution is 5.98. The zero-order valence-electron chi connectivity index (χ0n) is 15.7. The summed E-state index contributed by atoms with van der Waals surface area (Å²) in [5, 5.41) is 13.0. The molecule has 140 valence electrons. The van der Waals surface area contributed by atoms with Gasteiger partial charge in [-0.2, -0.15) is 5.10 Å². The number of nitrogens with one attached hydrogen (secondary N) is 2. The summed E-state index contributed by atoms with van der Waals surface area (Å²) in [6.45, 7) is 5.61. The molecule has 3 aromatic rings. The van der Waals surface area contributed by atoms with E-state index in [0.29, 0.717) is 11.6 Å². The van der Waals surface area contributed by atoms with Gasteiger partial charge < -0.3 is 15.2 Å². The molecule has 2 N–H and O–H groups in total. The number of aromatic nitrogens is 3. The van der Waals surface area contributed by atoms with Gasteiger partial charge in [-0.1, -0.05) is 17.3 Å². The van der Waals surface area contributed by atoms with Gasteiger partial charge >= 0.3 is 0 Å². The maximum absolute atomic E-state index is 12.3. The van der Waals surface area contributed by atoms with Crippen molar-refractivity contribution in [3.8, 4) is 11.3 Å². The van der Waals surface area contributed by atoms with E-state index in [1.165, 1.54) is 11.1 Å². The van der Waals surface area contributed by atoms with Crippen molar-refractivity contribution in [1.29, 1.82) is 0 Å². The number of aryl methyl sites for hydroxylation is 4. The number of carbonyl (C=O) groups excluding carboxylic acids is 2. The lowest BCUT2D eigenvalue weighted by Crippen LogP contribution is -2.33. The van der Waals surface area contributed by atoms with E-state index in [-0.39, 0.29) is 12.2 Å². The molecule has 1 aromatic carbocycles. The molecule has 27 heavy (non-hydrogen) atoms. The second-order valence-electron chi connectivity index (χ2n) is 6.39. The van der Waals surface area contributed by atoms with Crippen LogP contribution in [0.15, 0.2) is 34.9 Å². The third-order valence-corrected chi connectivity index (χ3v) is 4.22. The summed E-state index contributed by atoms with van der Waals surface area (Å²) in [5.41, 5.74) is 4.42. The Bertz CT molecular complexity index is 1000. The van der Waals surface area contributed by atoms with E-state index in [1.54, 1.807) is 30.8 Å². The number of hydrogen-bond acceptors (Lipinski definition) is 5. The van der Waals surface area contributed by atoms with Crippen LogP contribution in [0, 0.1) is 20.8 Å². The van der Waals surface area contributed by atoms with Crippen molar-refractivity contribution >= 4 is 17.6 Å². The molecule has 8 nitrogen and oxygen atoms in total. The van der Waals surface area contributed by atoms with Crippen molar-refractivity contribution in [1.82, 2.24) is 20.3 Å². The molecule has 2 aromatic heterocycles. The van der Waals surface area contributed by atoms with Gasteiger partial charge in [0, 0.05) is 18.7 Å². The molecule has 0 saturated carbocycles. The van der Waals surface area contributed by atoms with Crippen LogP contribution in [0.5, 0.6) is 0 Å². The Morgan fingerprint density at radius 1 is 1.11 bits per heavy atom. The molecule has 0 aliphatic heterocycles. The first-order valence-corrected chi connectivity index (χ1v) is 8.46. The summed E-state index contributed by atoms with van der Waals surface area (Å²) in [6.07, 6.45) is 0. The molecule has 0 fully saturated rings. The summed E-state index contributed by atoms with van der Waals surface area (Å²) in [6, 6.07) is 9.38. The van der Waals surface area contributed by atoms with Crippen LogP contribution in [0.4, 0.5) is 5.82 Å². The Labute approximate surface area is 156 Å². The molecule has 2 heterocycles. The normalized spacial score (nSPS) is 10.7. The topological polar surface area (TPSA) is 102 Å². The molecular formula is C19H21N5O3. The number of carbonyl (C=O) groups is 2. The van der Waals surface area contributed by atoms with E-state index < -0.39 is 11.8 Å². The van der Waals surface area contributed by atoms with Crippen LogP contribution in [0.1, 0.15) is 27.4 Å². The predicted molar refractivity (Wildman–Crippen MR) is 100 cm³/mol. The van der Waals surface area contributed by atoms with E-state index in [9.17, 15) is 9.59 Å². The van der Waals surface area contributed by atoms with Gasteiger partial charge in [0.2, 0.25) is 5.91 Å². The highest BCUT2D eigenvalue weighted by atomic mass is 16.5. The highest BCUT2D eigenvalue weighted by Crippen LogP contribution is 2.22. The van der Waals surface area contributed by atoms with Crippen LogP contribution in [-0.4, -0.2) is 33.3 Å². The van der Waals surface area contributed by atoms with Crippen LogP contribution in [0.25, 0.3) is 11.3 Å². The van der Waals surface area contributed by atoms with Crippen LogP contribution >= 0.6 is 0 Å². The fourth-order valence-corrected chi connectivity index (χ4v) is 2.61. The molecule has 0 aliphatic rings. The molecule has 0 spiro atoms. The van der Waals surface area contributed by atoms with E-state index in [0.717, 1.165) is 11.3 Å². The van der Waals surface area contributed by atoms with Gasteiger partial charge in [-0.05, 0) is 44.0 Å². The lowest BCUT2D eigenvalue weighted by molar-refractivity contribution is -0.115. The lowest BCUT2D eigenvalue weighted by Gasteiger charge is -2.05. The summed E-state index contributed by atoms with van der Waals surface area (Å²) in [4.78, 5) is 24.2. The van der Waals surface area contributed by atoms with Crippen molar-refractivity contribution in [3.05, 3.63) is 52.9 Å². The average Bonchev–Trinajstić information content (AvgIpc) is 3.21. The van der Waals surface area contributed by atoms with Gasteiger partial charge in [-0.25, -0.2) is 0 Å². The minimum Gasteiger partial charge on any atom is -0.360 e. The average molecular weight is 367 g/mol. The first-order valence-electron chi connectivity index (χ1n) is 8.46. The highest BCUT2D eigenvalue weighted by Gasteiger charge is 2.15. The van der Waals surface area contributed by atoms with Crippen LogP contribution in [0.2, 0.25) is 0 Å². The standard InChI is InChI=1S/C19H21N5O3/c1-11-5-6-14(7-12(11)2)16-9-15(22-24(16)4)19(26)20-10-18(25)21-17-8-13(3)27-23-17/h5-9H,10H2,1-4H3,(H,20,26)(H,21,23,25). The summed E-state index contributed by atoms with van der Waals surface area (Å²) in [5.74, 6) is 0.0671. The van der Waals surface area contributed by atoms with Crippen molar-refractivity contribution in [2.45, 2.75) is 20.8 Å². The van der Waals surface area contributed by atoms with Gasteiger partial charge in [0.1, 0.15) is 5.76 Å². The van der Waals surface area contributed by atoms with E-state index in [2.05, 4.69) is 27.0 Å². The van der Waals surface area contributed by atoms with Crippen molar-refractivity contribution in [2.75, 3.05) is 11.9 Å². The number of nitrogens with zero attached hydrogens (tertiary/aromatic N) is 3. The summed E-state index contributed by atoms with van der Waals surface area (Å²) >= 11 is 0. The Balaban J connectivity index is 1.65. The Morgan fingerprint density at radius 3 is 2.56 bits per heavy atom. The zero-order chi connectivity index (χ0) is 19.6. The quantitative estimate of drug-likeness (QED) is 0.721. The lowest BCUT2D eigenvalue weighted by atomic mass is 10.0. The van der Waals surface area contributed by atoms with E-state index in [1.807, 2.05) is 26.0 Å². The molecule has 0 unspecified atom stereocenters. The fraction of sp³-hybridized carbons (Fsp3) is 0.263.